The molecule has 3 aliphatic rings. The number of methoxy groups -OCH3 is 1. The van der Waals surface area contributed by atoms with Crippen LogP contribution in [0.3, 0.4) is 0 Å². The summed E-state index contributed by atoms with van der Waals surface area (Å²) < 4.78 is 50.4. The standard InChI is InChI=1S/C29H38N2O9S/c1-36-22-12-7-13-23(17-22)41(34,35)31(40-21-10-5-6-11-21)18-26(32)25(16-20-8-3-2-4-9-20)30-29(33)39-27-19-38-28-24(27)14-15-37-28/h2-4,7-9,12-13,17,21,24-28,32H,5-6,10-11,14-16,18-19H2,1H3,(H,30,33)/t24-,25-,26+,27-,28+/m0/s1. The Balaban J connectivity index is 1.34. The normalized spacial score (nSPS) is 24.2. The predicted molar refractivity (Wildman–Crippen MR) is 147 cm³/mol. The smallest absolute Gasteiger partial charge is 0.407 e. The van der Waals surface area contributed by atoms with Gasteiger partial charge in [0.2, 0.25) is 0 Å². The minimum absolute atomic E-state index is 0.0244. The zero-order valence-electron chi connectivity index (χ0n) is 23.1. The van der Waals surface area contributed by atoms with Crippen molar-refractivity contribution in [1.82, 2.24) is 9.79 Å². The molecule has 41 heavy (non-hydrogen) atoms. The van der Waals surface area contributed by atoms with E-state index in [1.165, 1.54) is 19.2 Å². The van der Waals surface area contributed by atoms with E-state index in [4.69, 9.17) is 23.8 Å². The van der Waals surface area contributed by atoms with Gasteiger partial charge in [-0.3, -0.25) is 4.84 Å². The second-order valence-corrected chi connectivity index (χ2v) is 12.5. The molecule has 0 spiro atoms. The summed E-state index contributed by atoms with van der Waals surface area (Å²) in [6.07, 6.45) is 1.09. The number of carbonyl (C=O) groups excluding carboxylic acids is 1. The Hall–Kier alpha value is -2.74. The Bertz CT molecular complexity index is 1260. The quantitative estimate of drug-likeness (QED) is 0.358. The second-order valence-electron chi connectivity index (χ2n) is 10.7. The summed E-state index contributed by atoms with van der Waals surface area (Å²) in [5, 5.41) is 14.2. The van der Waals surface area contributed by atoms with Crippen LogP contribution in [0, 0.1) is 5.92 Å². The number of hydrogen-bond donors (Lipinski definition) is 2. The van der Waals surface area contributed by atoms with E-state index in [2.05, 4.69) is 5.32 Å². The van der Waals surface area contributed by atoms with Gasteiger partial charge in [-0.05, 0) is 43.4 Å². The molecule has 2 aromatic rings. The fraction of sp³-hybridized carbons (Fsp3) is 0.552. The number of amides is 1. The molecule has 0 radical (unpaired) electrons. The van der Waals surface area contributed by atoms with Crippen LogP contribution >= 0.6 is 0 Å². The van der Waals surface area contributed by atoms with Crippen molar-refractivity contribution >= 4 is 16.1 Å². The third-order valence-electron chi connectivity index (χ3n) is 7.82. The highest BCUT2D eigenvalue weighted by Gasteiger charge is 2.44. The first kappa shape index (κ1) is 29.7. The molecule has 11 nitrogen and oxygen atoms in total. The van der Waals surface area contributed by atoms with Crippen molar-refractivity contribution in [2.24, 2.45) is 5.92 Å². The van der Waals surface area contributed by atoms with Gasteiger partial charge in [0, 0.05) is 6.07 Å². The number of ether oxygens (including phenoxy) is 4. The van der Waals surface area contributed by atoms with E-state index in [9.17, 15) is 18.3 Å². The number of hydrogen-bond acceptors (Lipinski definition) is 9. The number of alkyl carbamates (subject to hydrolysis) is 1. The maximum Gasteiger partial charge on any atom is 0.407 e. The highest BCUT2D eigenvalue weighted by molar-refractivity contribution is 7.89. The van der Waals surface area contributed by atoms with Crippen LogP contribution in [-0.2, 0) is 35.5 Å². The Labute approximate surface area is 240 Å². The number of carbonyl (C=O) groups is 1. The summed E-state index contributed by atoms with van der Waals surface area (Å²) >= 11 is 0. The molecule has 12 heteroatoms. The summed E-state index contributed by atoms with van der Waals surface area (Å²) in [6.45, 7) is 0.375. The number of nitrogens with one attached hydrogen (secondary N) is 1. The summed E-state index contributed by atoms with van der Waals surface area (Å²) in [7, 11) is -2.73. The van der Waals surface area contributed by atoms with Gasteiger partial charge in [-0.2, -0.15) is 0 Å². The number of aliphatic hydroxyl groups excluding tert-OH is 1. The fourth-order valence-electron chi connectivity index (χ4n) is 5.54. The number of benzene rings is 2. The van der Waals surface area contributed by atoms with Crippen LogP contribution in [0.15, 0.2) is 59.5 Å². The number of fused-ring (bicyclic) bond motifs is 1. The molecule has 3 fully saturated rings. The van der Waals surface area contributed by atoms with E-state index in [1.54, 1.807) is 12.1 Å². The van der Waals surface area contributed by atoms with Gasteiger partial charge in [-0.25, -0.2) is 13.2 Å². The van der Waals surface area contributed by atoms with Gasteiger partial charge in [0.1, 0.15) is 11.9 Å². The lowest BCUT2D eigenvalue weighted by Crippen LogP contribution is -2.51. The molecule has 5 rings (SSSR count). The third kappa shape index (κ3) is 7.37. The molecule has 1 aliphatic carbocycles. The maximum absolute atomic E-state index is 13.8. The summed E-state index contributed by atoms with van der Waals surface area (Å²) in [5.41, 5.74) is 0.851. The average Bonchev–Trinajstić information content (AvgIpc) is 3.74. The lowest BCUT2D eigenvalue weighted by molar-refractivity contribution is -0.145. The Morgan fingerprint density at radius 2 is 1.88 bits per heavy atom. The van der Waals surface area contributed by atoms with Crippen molar-refractivity contribution in [3.63, 3.8) is 0 Å². The van der Waals surface area contributed by atoms with Gasteiger partial charge in [0.15, 0.2) is 6.29 Å². The fourth-order valence-corrected chi connectivity index (χ4v) is 6.87. The topological polar surface area (TPSA) is 133 Å². The molecule has 2 heterocycles. The molecule has 5 atom stereocenters. The Morgan fingerprint density at radius 1 is 1.10 bits per heavy atom. The third-order valence-corrected chi connectivity index (χ3v) is 9.44. The molecule has 224 valence electrons. The number of aliphatic hydroxyl groups is 1. The Kier molecular flexibility index (Phi) is 9.79. The van der Waals surface area contributed by atoms with Crippen molar-refractivity contribution in [3.05, 3.63) is 60.2 Å². The SMILES string of the molecule is COc1cccc(S(=O)(=O)N(C[C@@H](O)[C@H](Cc2ccccc2)NC(=O)O[C@H]2CO[C@H]3OCC[C@H]32)OC2CCCC2)c1. The van der Waals surface area contributed by atoms with Crippen molar-refractivity contribution < 1.29 is 42.1 Å². The van der Waals surface area contributed by atoms with Crippen molar-refractivity contribution in [2.45, 2.75) is 74.1 Å². The lowest BCUT2D eigenvalue weighted by Gasteiger charge is -2.31. The minimum Gasteiger partial charge on any atom is -0.497 e. The molecular weight excluding hydrogens is 552 g/mol. The monoisotopic (exact) mass is 590 g/mol. The average molecular weight is 591 g/mol. The molecular formula is C29H38N2O9S. The second kappa shape index (κ2) is 13.5. The number of nitrogens with zero attached hydrogens (tertiary/aromatic N) is 1. The molecule has 2 N–H and O–H groups in total. The van der Waals surface area contributed by atoms with E-state index < -0.39 is 40.9 Å². The van der Waals surface area contributed by atoms with Crippen LogP contribution in [0.1, 0.15) is 37.7 Å². The van der Waals surface area contributed by atoms with Crippen LogP contribution in [0.25, 0.3) is 0 Å². The lowest BCUT2D eigenvalue weighted by atomic mass is 10.0. The van der Waals surface area contributed by atoms with Crippen LogP contribution < -0.4 is 10.1 Å². The number of sulfonamides is 1. The summed E-state index contributed by atoms with van der Waals surface area (Å²) in [5.74, 6) is 0.339. The predicted octanol–water partition coefficient (Wildman–Crippen LogP) is 3.02. The van der Waals surface area contributed by atoms with Gasteiger partial charge in [0.05, 0.1) is 55.9 Å². The van der Waals surface area contributed by atoms with Crippen molar-refractivity contribution in [1.29, 1.82) is 0 Å². The van der Waals surface area contributed by atoms with Gasteiger partial charge in [0.25, 0.3) is 10.0 Å². The van der Waals surface area contributed by atoms with E-state index in [1.807, 2.05) is 30.3 Å². The van der Waals surface area contributed by atoms with Gasteiger partial charge in [-0.1, -0.05) is 53.7 Å². The number of rotatable bonds is 12. The molecule has 2 saturated heterocycles. The largest absolute Gasteiger partial charge is 0.497 e. The van der Waals surface area contributed by atoms with Gasteiger partial charge < -0.3 is 29.4 Å². The molecule has 1 saturated carbocycles. The van der Waals surface area contributed by atoms with Crippen LogP contribution in [0.2, 0.25) is 0 Å². The van der Waals surface area contributed by atoms with E-state index in [0.29, 0.717) is 25.2 Å². The summed E-state index contributed by atoms with van der Waals surface area (Å²) in [6, 6.07) is 14.5. The van der Waals surface area contributed by atoms with E-state index in [0.717, 1.165) is 29.3 Å². The molecule has 0 unspecified atom stereocenters. The number of hydroxylamine groups is 1. The van der Waals surface area contributed by atoms with Crippen LogP contribution in [0.4, 0.5) is 4.79 Å². The maximum atomic E-state index is 13.8. The van der Waals surface area contributed by atoms with Crippen LogP contribution in [-0.4, -0.2) is 81.6 Å². The summed E-state index contributed by atoms with van der Waals surface area (Å²) in [4.78, 5) is 19.0. The molecule has 2 aromatic carbocycles. The van der Waals surface area contributed by atoms with E-state index in [-0.39, 0.29) is 36.2 Å². The highest BCUT2D eigenvalue weighted by Crippen LogP contribution is 2.33. The zero-order valence-corrected chi connectivity index (χ0v) is 23.9. The molecule has 0 bridgehead atoms. The molecule has 1 amide bonds. The van der Waals surface area contributed by atoms with E-state index >= 15 is 0 Å². The molecule has 0 aromatic heterocycles. The zero-order chi connectivity index (χ0) is 28.8. The first-order valence-electron chi connectivity index (χ1n) is 14.1. The Morgan fingerprint density at radius 3 is 2.63 bits per heavy atom. The van der Waals surface area contributed by atoms with Gasteiger partial charge in [-0.15, -0.1) is 0 Å². The molecule has 2 aliphatic heterocycles. The first-order chi connectivity index (χ1) is 19.8. The van der Waals surface area contributed by atoms with Crippen molar-refractivity contribution in [2.75, 3.05) is 26.9 Å². The first-order valence-corrected chi connectivity index (χ1v) is 15.5. The highest BCUT2D eigenvalue weighted by atomic mass is 32.2. The van der Waals surface area contributed by atoms with Crippen molar-refractivity contribution in [3.8, 4) is 5.75 Å². The van der Waals surface area contributed by atoms with Crippen LogP contribution in [0.5, 0.6) is 5.75 Å². The minimum atomic E-state index is -4.18. The van der Waals surface area contributed by atoms with Gasteiger partial charge >= 0.3 is 6.09 Å².